The Bertz CT molecular complexity index is 1140. The summed E-state index contributed by atoms with van der Waals surface area (Å²) < 4.78 is 37.9. The van der Waals surface area contributed by atoms with Crippen molar-refractivity contribution in [1.82, 2.24) is 20.2 Å². The molecule has 4 aromatic rings. The fourth-order valence-electron chi connectivity index (χ4n) is 2.91. The summed E-state index contributed by atoms with van der Waals surface area (Å²) in [5, 5.41) is 13.6. The van der Waals surface area contributed by atoms with Crippen molar-refractivity contribution in [3.05, 3.63) is 66.0 Å². The summed E-state index contributed by atoms with van der Waals surface area (Å²) in [4.78, 5) is 8.64. The predicted molar refractivity (Wildman–Crippen MR) is 110 cm³/mol. The first-order valence-electron chi connectivity index (χ1n) is 9.09. The quantitative estimate of drug-likeness (QED) is 0.478. The van der Waals surface area contributed by atoms with E-state index in [1.165, 1.54) is 23.5 Å². The predicted octanol–water partition coefficient (Wildman–Crippen LogP) is 4.15. The van der Waals surface area contributed by atoms with Crippen molar-refractivity contribution in [2.45, 2.75) is 18.6 Å². The number of hydrogen-bond acceptors (Lipinski definition) is 7. The molecule has 0 aliphatic heterocycles. The van der Waals surface area contributed by atoms with Gasteiger partial charge in [-0.05, 0) is 42.3 Å². The van der Waals surface area contributed by atoms with E-state index in [9.17, 15) is 13.2 Å². The summed E-state index contributed by atoms with van der Waals surface area (Å²) in [5.41, 5.74) is 7.72. The van der Waals surface area contributed by atoms with E-state index in [4.69, 9.17) is 5.73 Å². The van der Waals surface area contributed by atoms with Crippen LogP contribution in [0.2, 0.25) is 0 Å². The highest BCUT2D eigenvalue weighted by atomic mass is 32.1. The molecular weight excluding hydrogens is 413 g/mol. The van der Waals surface area contributed by atoms with Crippen molar-refractivity contribution in [3.63, 3.8) is 0 Å². The van der Waals surface area contributed by atoms with Crippen LogP contribution in [0.1, 0.15) is 11.1 Å². The largest absolute Gasteiger partial charge is 0.416 e. The second kappa shape index (κ2) is 8.33. The fourth-order valence-corrected chi connectivity index (χ4v) is 3.63. The lowest BCUT2D eigenvalue weighted by atomic mass is 10.0. The van der Waals surface area contributed by atoms with Crippen LogP contribution in [0.25, 0.3) is 21.6 Å². The minimum Gasteiger partial charge on any atom is -0.359 e. The molecule has 0 saturated carbocycles. The summed E-state index contributed by atoms with van der Waals surface area (Å²) in [6.07, 6.45) is -0.465. The molecular formula is C20H17F3N6S. The molecule has 154 valence electrons. The number of fused-ring (bicyclic) bond motifs is 1. The zero-order chi connectivity index (χ0) is 21.1. The molecule has 1 atom stereocenters. The Morgan fingerprint density at radius 3 is 2.60 bits per heavy atom. The molecule has 0 spiro atoms. The lowest BCUT2D eigenvalue weighted by Crippen LogP contribution is -2.31. The molecule has 3 aromatic heterocycles. The summed E-state index contributed by atoms with van der Waals surface area (Å²) >= 11 is 1.36. The van der Waals surface area contributed by atoms with Gasteiger partial charge in [0.1, 0.15) is 5.69 Å². The van der Waals surface area contributed by atoms with Crippen molar-refractivity contribution in [3.8, 4) is 10.7 Å². The van der Waals surface area contributed by atoms with Gasteiger partial charge in [0.25, 0.3) is 0 Å². The number of pyridine rings is 2. The SMILES string of the molecule is N[C@H](CNc1nnc(-c2ccc3cnccc3n2)s1)Cc1ccc(C(F)(F)F)cc1. The maximum Gasteiger partial charge on any atom is 0.416 e. The molecule has 0 amide bonds. The zero-order valence-corrected chi connectivity index (χ0v) is 16.4. The topological polar surface area (TPSA) is 89.6 Å². The maximum atomic E-state index is 12.6. The molecule has 0 unspecified atom stereocenters. The third-order valence-corrected chi connectivity index (χ3v) is 5.33. The summed E-state index contributed by atoms with van der Waals surface area (Å²) in [6.45, 7) is 0.409. The lowest BCUT2D eigenvalue weighted by molar-refractivity contribution is -0.137. The van der Waals surface area contributed by atoms with Gasteiger partial charge in [-0.15, -0.1) is 10.2 Å². The van der Waals surface area contributed by atoms with Crippen molar-refractivity contribution >= 4 is 27.4 Å². The maximum absolute atomic E-state index is 12.6. The number of halogens is 3. The molecule has 0 saturated heterocycles. The number of anilines is 1. The Balaban J connectivity index is 1.35. The number of alkyl halides is 3. The average molecular weight is 430 g/mol. The van der Waals surface area contributed by atoms with E-state index >= 15 is 0 Å². The van der Waals surface area contributed by atoms with Crippen LogP contribution in [0, 0.1) is 0 Å². The number of aromatic nitrogens is 4. The second-order valence-electron chi connectivity index (χ2n) is 6.72. The molecule has 3 N–H and O–H groups in total. The highest BCUT2D eigenvalue weighted by molar-refractivity contribution is 7.18. The molecule has 0 aliphatic carbocycles. The third kappa shape index (κ3) is 4.71. The van der Waals surface area contributed by atoms with Gasteiger partial charge < -0.3 is 11.1 Å². The van der Waals surface area contributed by atoms with Crippen molar-refractivity contribution in [2.75, 3.05) is 11.9 Å². The van der Waals surface area contributed by atoms with Gasteiger partial charge in [0.05, 0.1) is 11.1 Å². The van der Waals surface area contributed by atoms with Crippen LogP contribution >= 0.6 is 11.3 Å². The highest BCUT2D eigenvalue weighted by Gasteiger charge is 2.29. The van der Waals surface area contributed by atoms with E-state index in [0.717, 1.165) is 28.6 Å². The first-order valence-corrected chi connectivity index (χ1v) is 9.90. The number of nitrogens with zero attached hydrogens (tertiary/aromatic N) is 4. The molecule has 3 heterocycles. The summed E-state index contributed by atoms with van der Waals surface area (Å²) in [7, 11) is 0. The number of nitrogens with two attached hydrogens (primary N) is 1. The molecule has 0 bridgehead atoms. The van der Waals surface area contributed by atoms with Gasteiger partial charge in [-0.1, -0.05) is 23.5 Å². The van der Waals surface area contributed by atoms with Crippen LogP contribution in [0.15, 0.2) is 54.9 Å². The molecule has 0 fully saturated rings. The van der Waals surface area contributed by atoms with E-state index in [0.29, 0.717) is 28.8 Å². The summed E-state index contributed by atoms with van der Waals surface area (Å²) in [5.74, 6) is 0. The molecule has 10 heteroatoms. The molecule has 6 nitrogen and oxygen atoms in total. The van der Waals surface area contributed by atoms with Gasteiger partial charge in [-0.3, -0.25) is 4.98 Å². The minimum absolute atomic E-state index is 0.291. The number of hydrogen-bond donors (Lipinski definition) is 2. The van der Waals surface area contributed by atoms with E-state index in [-0.39, 0.29) is 6.04 Å². The van der Waals surface area contributed by atoms with Gasteiger partial charge >= 0.3 is 6.18 Å². The Hall–Kier alpha value is -3.11. The normalized spacial score (nSPS) is 12.8. The van der Waals surface area contributed by atoms with Crippen LogP contribution in [0.3, 0.4) is 0 Å². The van der Waals surface area contributed by atoms with Crippen molar-refractivity contribution in [1.29, 1.82) is 0 Å². The van der Waals surface area contributed by atoms with Crippen LogP contribution in [0.5, 0.6) is 0 Å². The van der Waals surface area contributed by atoms with E-state index in [1.54, 1.807) is 12.4 Å². The van der Waals surface area contributed by atoms with Gasteiger partial charge in [-0.2, -0.15) is 13.2 Å². The Morgan fingerprint density at radius 1 is 1.03 bits per heavy atom. The van der Waals surface area contributed by atoms with Crippen LogP contribution in [-0.2, 0) is 12.6 Å². The van der Waals surface area contributed by atoms with Crippen molar-refractivity contribution in [2.24, 2.45) is 5.73 Å². The molecule has 0 radical (unpaired) electrons. The van der Waals surface area contributed by atoms with Crippen molar-refractivity contribution < 1.29 is 13.2 Å². The van der Waals surface area contributed by atoms with Gasteiger partial charge in [0.15, 0.2) is 5.01 Å². The molecule has 1 aromatic carbocycles. The monoisotopic (exact) mass is 430 g/mol. The van der Waals surface area contributed by atoms with Crippen LogP contribution in [-0.4, -0.2) is 32.8 Å². The summed E-state index contributed by atoms with van der Waals surface area (Å²) in [6, 6.07) is 10.4. The lowest BCUT2D eigenvalue weighted by Gasteiger charge is -2.13. The van der Waals surface area contributed by atoms with Gasteiger partial charge in [-0.25, -0.2) is 4.98 Å². The first kappa shape index (κ1) is 20.2. The number of nitrogens with one attached hydrogen (secondary N) is 1. The van der Waals surface area contributed by atoms with Gasteiger partial charge in [0, 0.05) is 30.4 Å². The number of rotatable bonds is 6. The van der Waals surface area contributed by atoms with E-state index in [1.807, 2.05) is 18.2 Å². The third-order valence-electron chi connectivity index (χ3n) is 4.43. The van der Waals surface area contributed by atoms with E-state index in [2.05, 4.69) is 25.5 Å². The smallest absolute Gasteiger partial charge is 0.359 e. The number of benzene rings is 1. The van der Waals surface area contributed by atoms with Crippen LogP contribution in [0.4, 0.5) is 18.3 Å². The average Bonchev–Trinajstić information content (AvgIpc) is 3.21. The molecule has 30 heavy (non-hydrogen) atoms. The van der Waals surface area contributed by atoms with Crippen LogP contribution < -0.4 is 11.1 Å². The molecule has 0 aliphatic rings. The fraction of sp³-hybridized carbons (Fsp3) is 0.200. The van der Waals surface area contributed by atoms with Gasteiger partial charge in [0.2, 0.25) is 5.13 Å². The Kier molecular flexibility index (Phi) is 5.60. The zero-order valence-electron chi connectivity index (χ0n) is 15.6. The van der Waals surface area contributed by atoms with E-state index < -0.39 is 11.7 Å². The minimum atomic E-state index is -4.34. The molecule has 4 rings (SSSR count). The second-order valence-corrected chi connectivity index (χ2v) is 7.69. The Morgan fingerprint density at radius 2 is 1.83 bits per heavy atom. The highest BCUT2D eigenvalue weighted by Crippen LogP contribution is 2.29. The Labute approximate surface area is 174 Å². The standard InChI is InChI=1S/C20H17F3N6S/c21-20(22,23)14-4-1-12(2-5-14)9-15(24)11-26-19-29-28-18(30-19)17-6-3-13-10-25-8-7-16(13)27-17/h1-8,10,15H,9,11,24H2,(H,26,29)/t15-/m0/s1. The first-order chi connectivity index (χ1) is 14.4.